The molecule has 0 amide bonds. The first-order valence-corrected chi connectivity index (χ1v) is 9.81. The molecule has 27 heavy (non-hydrogen) atoms. The fourth-order valence-electron chi connectivity index (χ4n) is 3.15. The molecule has 0 atom stereocenters. The van der Waals surface area contributed by atoms with E-state index in [9.17, 15) is 0 Å². The molecule has 1 fully saturated rings. The van der Waals surface area contributed by atoms with Crippen LogP contribution in [0, 0.1) is 6.92 Å². The van der Waals surface area contributed by atoms with Crippen molar-refractivity contribution in [2.75, 3.05) is 19.6 Å². The lowest BCUT2D eigenvalue weighted by Gasteiger charge is -2.33. The molecule has 146 valence electrons. The van der Waals surface area contributed by atoms with E-state index in [2.05, 4.69) is 49.7 Å². The predicted molar refractivity (Wildman–Crippen MR) is 107 cm³/mol. The second-order valence-corrected chi connectivity index (χ2v) is 7.18. The normalized spacial score (nSPS) is 16.5. The molecule has 1 aromatic carbocycles. The zero-order valence-electron chi connectivity index (χ0n) is 15.9. The lowest BCUT2D eigenvalue weighted by molar-refractivity contribution is 0.198. The summed E-state index contributed by atoms with van der Waals surface area (Å²) < 4.78 is 4.99. The fraction of sp³-hybridized carbons (Fsp3) is 0.526. The highest BCUT2D eigenvalue weighted by Crippen LogP contribution is 2.16. The van der Waals surface area contributed by atoms with Gasteiger partial charge in [0.05, 0.1) is 0 Å². The molecular weight excluding hydrogens is 364 g/mol. The molecular formula is C19H27ClN6O. The van der Waals surface area contributed by atoms with Crippen LogP contribution < -0.4 is 10.6 Å². The van der Waals surface area contributed by atoms with Gasteiger partial charge in [0.15, 0.2) is 11.8 Å². The Morgan fingerprint density at radius 2 is 2.04 bits per heavy atom. The summed E-state index contributed by atoms with van der Waals surface area (Å²) in [6, 6.07) is 8.52. The van der Waals surface area contributed by atoms with Crippen molar-refractivity contribution in [1.29, 1.82) is 0 Å². The van der Waals surface area contributed by atoms with Crippen LogP contribution in [-0.4, -0.2) is 46.7 Å². The Labute approximate surface area is 165 Å². The number of nitrogens with one attached hydrogen (secondary N) is 2. The number of piperidine rings is 1. The summed E-state index contributed by atoms with van der Waals surface area (Å²) in [7, 11) is 0. The van der Waals surface area contributed by atoms with Gasteiger partial charge < -0.3 is 15.2 Å². The van der Waals surface area contributed by atoms with Crippen LogP contribution in [0.5, 0.6) is 0 Å². The maximum atomic E-state index is 5.96. The minimum Gasteiger partial charge on any atom is -0.357 e. The topological polar surface area (TPSA) is 78.6 Å². The average Bonchev–Trinajstić information content (AvgIpc) is 3.09. The minimum absolute atomic E-state index is 0.405. The second kappa shape index (κ2) is 9.71. The van der Waals surface area contributed by atoms with E-state index in [-0.39, 0.29) is 0 Å². The maximum absolute atomic E-state index is 5.96. The average molecular weight is 391 g/mol. The zero-order valence-corrected chi connectivity index (χ0v) is 16.7. The molecule has 0 saturated carbocycles. The number of aromatic nitrogens is 2. The summed E-state index contributed by atoms with van der Waals surface area (Å²) in [6.07, 6.45) is 2.17. The second-order valence-electron chi connectivity index (χ2n) is 6.75. The van der Waals surface area contributed by atoms with Crippen LogP contribution in [0.4, 0.5) is 0 Å². The molecule has 1 aromatic heterocycles. The molecule has 2 aromatic rings. The lowest BCUT2D eigenvalue weighted by atomic mass is 10.0. The van der Waals surface area contributed by atoms with E-state index < -0.39 is 0 Å². The summed E-state index contributed by atoms with van der Waals surface area (Å²) >= 11 is 5.96. The van der Waals surface area contributed by atoms with Crippen LogP contribution in [0.3, 0.4) is 0 Å². The maximum Gasteiger partial charge on any atom is 0.223 e. The van der Waals surface area contributed by atoms with E-state index >= 15 is 0 Å². The van der Waals surface area contributed by atoms with E-state index in [0.717, 1.165) is 50.0 Å². The molecule has 1 aliphatic rings. The summed E-state index contributed by atoms with van der Waals surface area (Å²) in [5.74, 6) is 1.96. The number of guanidine groups is 1. The van der Waals surface area contributed by atoms with Crippen LogP contribution in [0.25, 0.3) is 0 Å². The van der Waals surface area contributed by atoms with Crippen LogP contribution in [0.15, 0.2) is 33.8 Å². The number of nitrogens with zero attached hydrogens (tertiary/aromatic N) is 4. The molecule has 0 radical (unpaired) electrons. The Morgan fingerprint density at radius 1 is 1.30 bits per heavy atom. The van der Waals surface area contributed by atoms with E-state index in [1.807, 2.05) is 12.1 Å². The van der Waals surface area contributed by atoms with Crippen molar-refractivity contribution in [3.8, 4) is 0 Å². The molecule has 8 heteroatoms. The van der Waals surface area contributed by atoms with E-state index in [1.54, 1.807) is 6.92 Å². The number of aryl methyl sites for hydroxylation is 1. The molecule has 0 unspecified atom stereocenters. The highest BCUT2D eigenvalue weighted by atomic mass is 35.5. The van der Waals surface area contributed by atoms with Crippen molar-refractivity contribution in [2.24, 2.45) is 4.99 Å². The molecule has 7 nitrogen and oxygen atoms in total. The lowest BCUT2D eigenvalue weighted by Crippen LogP contribution is -2.48. The molecule has 1 aliphatic heterocycles. The van der Waals surface area contributed by atoms with Gasteiger partial charge in [0.25, 0.3) is 0 Å². The number of halogens is 1. The third-order valence-electron chi connectivity index (χ3n) is 4.54. The van der Waals surface area contributed by atoms with Gasteiger partial charge in [-0.3, -0.25) is 4.90 Å². The molecule has 1 saturated heterocycles. The first kappa shape index (κ1) is 19.6. The molecule has 0 spiro atoms. The van der Waals surface area contributed by atoms with Gasteiger partial charge in [-0.15, -0.1) is 0 Å². The number of aliphatic imine (C=N–C) groups is 1. The fourth-order valence-corrected chi connectivity index (χ4v) is 3.28. The first-order valence-electron chi connectivity index (χ1n) is 9.43. The van der Waals surface area contributed by atoms with Gasteiger partial charge in [0, 0.05) is 44.2 Å². The van der Waals surface area contributed by atoms with Crippen LogP contribution in [-0.2, 0) is 13.1 Å². The van der Waals surface area contributed by atoms with Crippen molar-refractivity contribution in [1.82, 2.24) is 25.7 Å². The Kier molecular flexibility index (Phi) is 7.06. The zero-order chi connectivity index (χ0) is 19.1. The number of hydrogen-bond donors (Lipinski definition) is 2. The number of rotatable bonds is 6. The Bertz CT molecular complexity index is 737. The molecule has 0 aliphatic carbocycles. The summed E-state index contributed by atoms with van der Waals surface area (Å²) in [5.41, 5.74) is 1.30. The van der Waals surface area contributed by atoms with Gasteiger partial charge in [-0.05, 0) is 37.5 Å². The summed E-state index contributed by atoms with van der Waals surface area (Å²) in [6.45, 7) is 8.14. The number of likely N-dealkylation sites (tertiary alicyclic amines) is 1. The molecule has 2 N–H and O–H groups in total. The van der Waals surface area contributed by atoms with Crippen molar-refractivity contribution >= 4 is 17.6 Å². The van der Waals surface area contributed by atoms with Gasteiger partial charge in [-0.2, -0.15) is 4.98 Å². The van der Waals surface area contributed by atoms with E-state index in [1.165, 1.54) is 5.56 Å². The Balaban J connectivity index is 1.47. The van der Waals surface area contributed by atoms with Gasteiger partial charge in [0.2, 0.25) is 5.89 Å². The highest BCUT2D eigenvalue weighted by Gasteiger charge is 2.20. The predicted octanol–water partition coefficient (Wildman–Crippen LogP) is 2.75. The Hall–Kier alpha value is -2.12. The Morgan fingerprint density at radius 3 is 2.67 bits per heavy atom. The molecule has 3 rings (SSSR count). The monoisotopic (exact) mass is 390 g/mol. The van der Waals surface area contributed by atoms with Crippen molar-refractivity contribution in [3.63, 3.8) is 0 Å². The third kappa shape index (κ3) is 6.22. The quantitative estimate of drug-likeness (QED) is 0.583. The largest absolute Gasteiger partial charge is 0.357 e. The van der Waals surface area contributed by atoms with Crippen LogP contribution >= 0.6 is 11.6 Å². The third-order valence-corrected chi connectivity index (χ3v) is 4.79. The molecule has 2 heterocycles. The number of hydrogen-bond acceptors (Lipinski definition) is 5. The van der Waals surface area contributed by atoms with Crippen molar-refractivity contribution in [2.45, 2.75) is 45.8 Å². The van der Waals surface area contributed by atoms with Gasteiger partial charge in [0.1, 0.15) is 6.54 Å². The van der Waals surface area contributed by atoms with E-state index in [4.69, 9.17) is 16.1 Å². The summed E-state index contributed by atoms with van der Waals surface area (Å²) in [4.78, 5) is 11.2. The van der Waals surface area contributed by atoms with E-state index in [0.29, 0.717) is 24.3 Å². The highest BCUT2D eigenvalue weighted by molar-refractivity contribution is 6.30. The van der Waals surface area contributed by atoms with Crippen molar-refractivity contribution < 1.29 is 4.52 Å². The van der Waals surface area contributed by atoms with Crippen molar-refractivity contribution in [3.05, 3.63) is 46.6 Å². The summed E-state index contributed by atoms with van der Waals surface area (Å²) in [5, 5.41) is 11.5. The van der Waals surface area contributed by atoms with Gasteiger partial charge >= 0.3 is 0 Å². The standard InChI is InChI=1S/C19H27ClN6O/c1-3-21-19(22-12-18-23-14(2)27-25-18)24-17-8-10-26(11-9-17)13-15-4-6-16(20)7-5-15/h4-7,17H,3,8-13H2,1-2H3,(H2,21,22,24). The molecule has 0 bridgehead atoms. The van der Waals surface area contributed by atoms with Crippen LogP contribution in [0.2, 0.25) is 5.02 Å². The SMILES string of the molecule is CCNC(=NCc1noc(C)n1)NC1CCN(Cc2ccc(Cl)cc2)CC1. The smallest absolute Gasteiger partial charge is 0.223 e. The van der Waals surface area contributed by atoms with Gasteiger partial charge in [-0.1, -0.05) is 28.9 Å². The number of benzene rings is 1. The van der Waals surface area contributed by atoms with Gasteiger partial charge in [-0.25, -0.2) is 4.99 Å². The van der Waals surface area contributed by atoms with Crippen LogP contribution in [0.1, 0.15) is 37.0 Å². The first-order chi connectivity index (χ1) is 13.1. The minimum atomic E-state index is 0.405.